The molecule has 0 fully saturated rings. The molecule has 1 atom stereocenters. The van der Waals surface area contributed by atoms with Gasteiger partial charge in [0.25, 0.3) is 11.8 Å². The highest BCUT2D eigenvalue weighted by molar-refractivity contribution is 6.21. The van der Waals surface area contributed by atoms with E-state index in [1.54, 1.807) is 24.3 Å². The number of amides is 3. The third-order valence-corrected chi connectivity index (χ3v) is 5.56. The van der Waals surface area contributed by atoms with Crippen LogP contribution in [0, 0.1) is 5.92 Å². The van der Waals surface area contributed by atoms with Crippen LogP contribution in [0.3, 0.4) is 0 Å². The van der Waals surface area contributed by atoms with Crippen LogP contribution < -0.4 is 5.32 Å². The smallest absolute Gasteiger partial charge is 0.261 e. The van der Waals surface area contributed by atoms with Crippen molar-refractivity contribution in [2.24, 2.45) is 5.92 Å². The molecule has 0 saturated heterocycles. The van der Waals surface area contributed by atoms with Crippen molar-refractivity contribution < 1.29 is 14.4 Å². The molecular formula is C25H30N2O3. The van der Waals surface area contributed by atoms with Crippen molar-refractivity contribution in [2.45, 2.75) is 52.0 Å². The van der Waals surface area contributed by atoms with Gasteiger partial charge in [-0.15, -0.1) is 0 Å². The van der Waals surface area contributed by atoms with E-state index in [0.717, 1.165) is 31.2 Å². The summed E-state index contributed by atoms with van der Waals surface area (Å²) in [6.07, 6.45) is 3.82. The topological polar surface area (TPSA) is 66.5 Å². The number of hydrogen-bond donors (Lipinski definition) is 1. The second-order valence-electron chi connectivity index (χ2n) is 8.17. The van der Waals surface area contributed by atoms with Gasteiger partial charge < -0.3 is 5.32 Å². The zero-order valence-electron chi connectivity index (χ0n) is 17.8. The molecule has 5 heteroatoms. The van der Waals surface area contributed by atoms with Crippen molar-refractivity contribution in [3.63, 3.8) is 0 Å². The standard InChI is InChI=1S/C25H30N2O3/c1-18(2)23(19-12-6-5-7-13-19)26-22(28)16-8-3-4-11-17-27-24(29)20-14-9-10-15-21(20)25(27)30/h5-7,9-10,12-15,18,23H,3-4,8,11,16-17H2,1-2H3,(H,26,28)/t23-/m1/s1. The van der Waals surface area contributed by atoms with Gasteiger partial charge in [-0.25, -0.2) is 0 Å². The lowest BCUT2D eigenvalue weighted by molar-refractivity contribution is -0.122. The third-order valence-electron chi connectivity index (χ3n) is 5.56. The summed E-state index contributed by atoms with van der Waals surface area (Å²) in [5.41, 5.74) is 2.12. The van der Waals surface area contributed by atoms with Crippen molar-refractivity contribution in [2.75, 3.05) is 6.54 Å². The highest BCUT2D eigenvalue weighted by atomic mass is 16.2. The first-order chi connectivity index (χ1) is 14.5. The van der Waals surface area contributed by atoms with Crippen LogP contribution in [0.15, 0.2) is 54.6 Å². The normalized spacial score (nSPS) is 14.2. The van der Waals surface area contributed by atoms with E-state index in [9.17, 15) is 14.4 Å². The number of hydrogen-bond acceptors (Lipinski definition) is 3. The summed E-state index contributed by atoms with van der Waals surface area (Å²) in [5.74, 6) is -0.0138. The number of rotatable bonds is 10. The van der Waals surface area contributed by atoms with E-state index in [2.05, 4.69) is 19.2 Å². The minimum absolute atomic E-state index is 0.0209. The third kappa shape index (κ3) is 5.15. The van der Waals surface area contributed by atoms with Gasteiger partial charge in [-0.3, -0.25) is 19.3 Å². The monoisotopic (exact) mass is 406 g/mol. The van der Waals surface area contributed by atoms with Crippen LogP contribution in [0.5, 0.6) is 0 Å². The molecule has 5 nitrogen and oxygen atoms in total. The summed E-state index contributed by atoms with van der Waals surface area (Å²) in [6, 6.07) is 17.0. The van der Waals surface area contributed by atoms with Crippen LogP contribution in [0.1, 0.15) is 78.3 Å². The van der Waals surface area contributed by atoms with Crippen LogP contribution in [0.4, 0.5) is 0 Å². The maximum Gasteiger partial charge on any atom is 0.261 e. The maximum absolute atomic E-state index is 12.4. The van der Waals surface area contributed by atoms with Gasteiger partial charge in [0, 0.05) is 13.0 Å². The van der Waals surface area contributed by atoms with Gasteiger partial charge in [-0.1, -0.05) is 69.2 Å². The Labute approximate surface area is 178 Å². The van der Waals surface area contributed by atoms with Gasteiger partial charge in [-0.05, 0) is 36.5 Å². The molecule has 3 rings (SSSR count). The maximum atomic E-state index is 12.4. The molecular weight excluding hydrogens is 376 g/mol. The number of nitrogens with zero attached hydrogens (tertiary/aromatic N) is 1. The second kappa shape index (κ2) is 10.2. The van der Waals surface area contributed by atoms with E-state index in [1.807, 2.05) is 30.3 Å². The zero-order valence-corrected chi connectivity index (χ0v) is 17.8. The number of fused-ring (bicyclic) bond motifs is 1. The number of benzene rings is 2. The van der Waals surface area contributed by atoms with Crippen molar-refractivity contribution in [1.82, 2.24) is 10.2 Å². The van der Waals surface area contributed by atoms with Gasteiger partial charge >= 0.3 is 0 Å². The molecule has 1 N–H and O–H groups in total. The molecule has 2 aromatic carbocycles. The summed E-state index contributed by atoms with van der Waals surface area (Å²) in [7, 11) is 0. The number of unbranched alkanes of at least 4 members (excludes halogenated alkanes) is 3. The fourth-order valence-electron chi connectivity index (χ4n) is 3.89. The molecule has 158 valence electrons. The second-order valence-corrected chi connectivity index (χ2v) is 8.17. The van der Waals surface area contributed by atoms with Gasteiger partial charge in [-0.2, -0.15) is 0 Å². The first kappa shape index (κ1) is 21.8. The Bertz CT molecular complexity index is 857. The molecule has 0 aromatic heterocycles. The molecule has 0 unspecified atom stereocenters. The summed E-state index contributed by atoms with van der Waals surface area (Å²) < 4.78 is 0. The molecule has 1 aliphatic heterocycles. The van der Waals surface area contributed by atoms with E-state index in [4.69, 9.17) is 0 Å². The molecule has 2 aromatic rings. The van der Waals surface area contributed by atoms with Crippen LogP contribution in [0.25, 0.3) is 0 Å². The minimum Gasteiger partial charge on any atom is -0.349 e. The number of nitrogens with one attached hydrogen (secondary N) is 1. The van der Waals surface area contributed by atoms with Crippen LogP contribution in [0.2, 0.25) is 0 Å². The van der Waals surface area contributed by atoms with Crippen LogP contribution in [-0.4, -0.2) is 29.2 Å². The van der Waals surface area contributed by atoms with Crippen molar-refractivity contribution in [3.8, 4) is 0 Å². The Morgan fingerprint density at radius 2 is 1.40 bits per heavy atom. The molecule has 1 heterocycles. The molecule has 30 heavy (non-hydrogen) atoms. The highest BCUT2D eigenvalue weighted by Gasteiger charge is 2.34. The van der Waals surface area contributed by atoms with Gasteiger partial charge in [0.1, 0.15) is 0 Å². The van der Waals surface area contributed by atoms with E-state index >= 15 is 0 Å². The Morgan fingerprint density at radius 3 is 2.00 bits per heavy atom. The zero-order chi connectivity index (χ0) is 21.5. The SMILES string of the molecule is CC(C)[C@@H](NC(=O)CCCCCCN1C(=O)c2ccccc2C1=O)c1ccccc1. The summed E-state index contributed by atoms with van der Waals surface area (Å²) in [6.45, 7) is 4.65. The predicted molar refractivity (Wildman–Crippen MR) is 117 cm³/mol. The highest BCUT2D eigenvalue weighted by Crippen LogP contribution is 2.23. The van der Waals surface area contributed by atoms with Crippen LogP contribution in [-0.2, 0) is 4.79 Å². The molecule has 0 radical (unpaired) electrons. The average Bonchev–Trinajstić information content (AvgIpc) is 2.99. The van der Waals surface area contributed by atoms with Gasteiger partial charge in [0.15, 0.2) is 0 Å². The van der Waals surface area contributed by atoms with E-state index in [1.165, 1.54) is 4.90 Å². The molecule has 0 spiro atoms. The Hall–Kier alpha value is -2.95. The van der Waals surface area contributed by atoms with Crippen molar-refractivity contribution >= 4 is 17.7 Å². The number of carbonyl (C=O) groups is 3. The Morgan fingerprint density at radius 1 is 0.833 bits per heavy atom. The summed E-state index contributed by atoms with van der Waals surface area (Å²) >= 11 is 0. The fourth-order valence-corrected chi connectivity index (χ4v) is 3.89. The van der Waals surface area contributed by atoms with Crippen molar-refractivity contribution in [3.05, 3.63) is 71.3 Å². The van der Waals surface area contributed by atoms with Gasteiger partial charge in [0.05, 0.1) is 17.2 Å². The van der Waals surface area contributed by atoms with E-state index in [-0.39, 0.29) is 23.8 Å². The fraction of sp³-hybridized carbons (Fsp3) is 0.400. The lowest BCUT2D eigenvalue weighted by Crippen LogP contribution is -2.31. The van der Waals surface area contributed by atoms with Gasteiger partial charge in [0.2, 0.25) is 5.91 Å². The first-order valence-corrected chi connectivity index (χ1v) is 10.8. The Balaban J connectivity index is 1.36. The molecule has 0 saturated carbocycles. The Kier molecular flexibility index (Phi) is 7.39. The first-order valence-electron chi connectivity index (χ1n) is 10.8. The number of carbonyl (C=O) groups excluding carboxylic acids is 3. The molecule has 1 aliphatic rings. The predicted octanol–water partition coefficient (Wildman–Crippen LogP) is 4.75. The van der Waals surface area contributed by atoms with E-state index in [0.29, 0.717) is 30.0 Å². The molecule has 0 aliphatic carbocycles. The quantitative estimate of drug-likeness (QED) is 0.457. The lowest BCUT2D eigenvalue weighted by atomic mass is 9.96. The van der Waals surface area contributed by atoms with Crippen molar-refractivity contribution in [1.29, 1.82) is 0 Å². The minimum atomic E-state index is -0.199. The van der Waals surface area contributed by atoms with Crippen LogP contribution >= 0.6 is 0 Å². The average molecular weight is 407 g/mol. The lowest BCUT2D eigenvalue weighted by Gasteiger charge is -2.23. The largest absolute Gasteiger partial charge is 0.349 e. The summed E-state index contributed by atoms with van der Waals surface area (Å²) in [5, 5.41) is 3.15. The molecule has 0 bridgehead atoms. The summed E-state index contributed by atoms with van der Waals surface area (Å²) in [4.78, 5) is 38.4. The molecule has 3 amide bonds. The van der Waals surface area contributed by atoms with E-state index < -0.39 is 0 Å². The number of imide groups is 1.